The largest absolute Gasteiger partial charge is 0.494 e. The number of esters is 1. The van der Waals surface area contributed by atoms with Gasteiger partial charge in [0.15, 0.2) is 11.2 Å². The fraction of sp³-hybridized carbons (Fsp3) is 0.161. The number of ether oxygens (including phenoxy) is 2. The minimum absolute atomic E-state index is 0.0303. The molecule has 1 atom stereocenters. The zero-order valence-electron chi connectivity index (χ0n) is 22.5. The van der Waals surface area contributed by atoms with Crippen LogP contribution >= 0.6 is 22.9 Å². The molecule has 8 nitrogen and oxygen atoms in total. The first-order valence-corrected chi connectivity index (χ1v) is 14.1. The van der Waals surface area contributed by atoms with Crippen molar-refractivity contribution in [1.29, 1.82) is 0 Å². The molecule has 1 amide bonds. The molecular weight excluding hydrogens is 562 g/mol. The molecule has 5 rings (SSSR count). The van der Waals surface area contributed by atoms with Gasteiger partial charge in [0.25, 0.3) is 11.5 Å². The second kappa shape index (κ2) is 12.0. The Morgan fingerprint density at radius 3 is 2.34 bits per heavy atom. The minimum Gasteiger partial charge on any atom is -0.494 e. The molecule has 0 bridgehead atoms. The number of pyridine rings is 1. The molecule has 0 aliphatic rings. The van der Waals surface area contributed by atoms with Gasteiger partial charge in [0.2, 0.25) is 0 Å². The third kappa shape index (κ3) is 5.86. The Morgan fingerprint density at radius 1 is 1.00 bits per heavy atom. The lowest BCUT2D eigenvalue weighted by atomic mass is 9.96. The smallest absolute Gasteiger partial charge is 0.356 e. The number of aromatic nitrogens is 2. The van der Waals surface area contributed by atoms with Crippen molar-refractivity contribution in [3.8, 4) is 28.1 Å². The fourth-order valence-corrected chi connectivity index (χ4v) is 5.29. The molecule has 208 valence electrons. The Hall–Kier alpha value is -4.47. The average Bonchev–Trinajstić information content (AvgIpc) is 3.44. The van der Waals surface area contributed by atoms with Crippen molar-refractivity contribution in [1.82, 2.24) is 9.55 Å². The van der Waals surface area contributed by atoms with Gasteiger partial charge in [-0.25, -0.2) is 9.78 Å². The highest BCUT2D eigenvalue weighted by Gasteiger charge is 2.27. The number of fused-ring (bicyclic) bond motifs is 1. The number of carbonyl (C=O) groups is 2. The Balaban J connectivity index is 1.38. The van der Waals surface area contributed by atoms with Gasteiger partial charge in [-0.2, -0.15) is 0 Å². The van der Waals surface area contributed by atoms with Gasteiger partial charge in [0.05, 0.1) is 12.3 Å². The molecule has 0 saturated heterocycles. The molecule has 10 heteroatoms. The van der Waals surface area contributed by atoms with Crippen molar-refractivity contribution in [3.05, 3.63) is 99.2 Å². The van der Waals surface area contributed by atoms with Crippen LogP contribution in [-0.2, 0) is 16.6 Å². The summed E-state index contributed by atoms with van der Waals surface area (Å²) >= 11 is 7.36. The van der Waals surface area contributed by atoms with E-state index in [1.807, 2.05) is 36.6 Å². The first kappa shape index (κ1) is 28.1. The van der Waals surface area contributed by atoms with Gasteiger partial charge in [-0.05, 0) is 67.3 Å². The highest BCUT2D eigenvalue weighted by atomic mass is 35.5. The molecule has 2 heterocycles. The van der Waals surface area contributed by atoms with Crippen molar-refractivity contribution in [2.75, 3.05) is 11.9 Å². The molecule has 5 aromatic rings. The number of thiazole rings is 1. The van der Waals surface area contributed by atoms with Crippen molar-refractivity contribution in [2.45, 2.75) is 20.0 Å². The topological polar surface area (TPSA) is 99.5 Å². The van der Waals surface area contributed by atoms with Gasteiger partial charge >= 0.3 is 5.97 Å². The minimum atomic E-state index is -1.17. The SMILES string of the molecule is CCOc1ccc(-c2csc(NC(=O)C(C)OC(=O)c3c(-c4ccc(Cl)cc4)c4ccccc4c(=O)n3C)n2)cc1. The summed E-state index contributed by atoms with van der Waals surface area (Å²) in [5.41, 5.74) is 2.43. The summed E-state index contributed by atoms with van der Waals surface area (Å²) in [6.45, 7) is 3.97. The molecular formula is C31H26ClN3O5S. The van der Waals surface area contributed by atoms with Crippen LogP contribution in [0.25, 0.3) is 33.2 Å². The van der Waals surface area contributed by atoms with Crippen LogP contribution in [0.1, 0.15) is 24.3 Å². The van der Waals surface area contributed by atoms with Crippen LogP contribution in [0.2, 0.25) is 5.02 Å². The van der Waals surface area contributed by atoms with Gasteiger partial charge in [-0.3, -0.25) is 14.9 Å². The van der Waals surface area contributed by atoms with Crippen LogP contribution in [0, 0.1) is 0 Å². The Labute approximate surface area is 245 Å². The fourth-order valence-electron chi connectivity index (χ4n) is 4.44. The summed E-state index contributed by atoms with van der Waals surface area (Å²) < 4.78 is 12.3. The highest BCUT2D eigenvalue weighted by Crippen LogP contribution is 2.32. The van der Waals surface area contributed by atoms with Crippen LogP contribution in [0.5, 0.6) is 5.75 Å². The second-order valence-corrected chi connectivity index (χ2v) is 10.5. The van der Waals surface area contributed by atoms with Gasteiger partial charge < -0.3 is 14.0 Å². The number of anilines is 1. The number of nitrogens with zero attached hydrogens (tertiary/aromatic N) is 2. The average molecular weight is 588 g/mol. The van der Waals surface area contributed by atoms with E-state index in [2.05, 4.69) is 10.3 Å². The van der Waals surface area contributed by atoms with E-state index < -0.39 is 18.0 Å². The zero-order chi connectivity index (χ0) is 29.1. The molecule has 0 aliphatic carbocycles. The van der Waals surface area contributed by atoms with Crippen LogP contribution in [0.3, 0.4) is 0 Å². The standard InChI is InChI=1S/C31H26ClN3O5S/c1-4-39-22-15-11-19(12-16-22)25-17-41-31(33-25)34-28(36)18(2)40-30(38)27-26(20-9-13-21(32)14-10-20)23-7-5-6-8-24(23)29(37)35(27)3/h5-18H,4H2,1-3H3,(H,33,34,36). The van der Waals surface area contributed by atoms with E-state index in [-0.39, 0.29) is 11.3 Å². The Bertz CT molecular complexity index is 1800. The third-order valence-electron chi connectivity index (χ3n) is 6.48. The first-order chi connectivity index (χ1) is 19.8. The molecule has 0 aliphatic heterocycles. The number of rotatable bonds is 8. The van der Waals surface area contributed by atoms with Gasteiger partial charge in [0, 0.05) is 34.0 Å². The first-order valence-electron chi connectivity index (χ1n) is 12.8. The van der Waals surface area contributed by atoms with E-state index in [0.29, 0.717) is 44.4 Å². The molecule has 1 unspecified atom stereocenters. The van der Waals surface area contributed by atoms with Gasteiger partial charge in [0.1, 0.15) is 11.4 Å². The van der Waals surface area contributed by atoms with E-state index in [9.17, 15) is 14.4 Å². The zero-order valence-corrected chi connectivity index (χ0v) is 24.1. The summed E-state index contributed by atoms with van der Waals surface area (Å²) in [6.07, 6.45) is -1.17. The maximum absolute atomic E-state index is 13.5. The molecule has 0 saturated carbocycles. The summed E-state index contributed by atoms with van der Waals surface area (Å²) in [6, 6.07) is 21.5. The third-order valence-corrected chi connectivity index (χ3v) is 7.49. The second-order valence-electron chi connectivity index (χ2n) is 9.17. The van der Waals surface area contributed by atoms with Gasteiger partial charge in [-0.1, -0.05) is 41.9 Å². The molecule has 2 aromatic heterocycles. The van der Waals surface area contributed by atoms with Crippen LogP contribution < -0.4 is 15.6 Å². The van der Waals surface area contributed by atoms with Crippen LogP contribution in [-0.4, -0.2) is 34.1 Å². The van der Waals surface area contributed by atoms with E-state index in [0.717, 1.165) is 11.3 Å². The molecule has 1 N–H and O–H groups in total. The molecule has 0 radical (unpaired) electrons. The van der Waals surface area contributed by atoms with E-state index in [4.69, 9.17) is 21.1 Å². The van der Waals surface area contributed by atoms with E-state index in [1.54, 1.807) is 48.5 Å². The Kier molecular flexibility index (Phi) is 8.19. The number of benzene rings is 3. The number of nitrogens with one attached hydrogen (secondary N) is 1. The number of halogens is 1. The monoisotopic (exact) mass is 587 g/mol. The van der Waals surface area contributed by atoms with Crippen molar-refractivity contribution < 1.29 is 19.1 Å². The van der Waals surface area contributed by atoms with Crippen LogP contribution in [0.4, 0.5) is 5.13 Å². The normalized spacial score (nSPS) is 11.7. The van der Waals surface area contributed by atoms with Crippen molar-refractivity contribution in [2.24, 2.45) is 7.05 Å². The summed E-state index contributed by atoms with van der Waals surface area (Å²) in [4.78, 5) is 44.2. The number of amides is 1. The molecule has 41 heavy (non-hydrogen) atoms. The lowest BCUT2D eigenvalue weighted by Crippen LogP contribution is -2.32. The number of hydrogen-bond acceptors (Lipinski definition) is 7. The summed E-state index contributed by atoms with van der Waals surface area (Å²) in [7, 11) is 1.51. The lowest BCUT2D eigenvalue weighted by molar-refractivity contribution is -0.123. The van der Waals surface area contributed by atoms with Crippen molar-refractivity contribution >= 4 is 50.7 Å². The van der Waals surface area contributed by atoms with Crippen LogP contribution in [0.15, 0.2) is 83.0 Å². The lowest BCUT2D eigenvalue weighted by Gasteiger charge is -2.18. The quantitative estimate of drug-likeness (QED) is 0.206. The molecule has 0 fully saturated rings. The highest BCUT2D eigenvalue weighted by molar-refractivity contribution is 7.14. The predicted octanol–water partition coefficient (Wildman–Crippen LogP) is 6.57. The Morgan fingerprint density at radius 2 is 1.66 bits per heavy atom. The predicted molar refractivity (Wildman–Crippen MR) is 162 cm³/mol. The maximum atomic E-state index is 13.5. The maximum Gasteiger partial charge on any atom is 0.356 e. The van der Waals surface area contributed by atoms with E-state index in [1.165, 1.54) is 29.9 Å². The molecule has 0 spiro atoms. The van der Waals surface area contributed by atoms with Gasteiger partial charge in [-0.15, -0.1) is 11.3 Å². The number of carbonyl (C=O) groups excluding carboxylic acids is 2. The van der Waals surface area contributed by atoms with E-state index >= 15 is 0 Å². The van der Waals surface area contributed by atoms with Crippen molar-refractivity contribution in [3.63, 3.8) is 0 Å². The molecule has 3 aromatic carbocycles. The summed E-state index contributed by atoms with van der Waals surface area (Å²) in [5, 5.41) is 6.47. The summed E-state index contributed by atoms with van der Waals surface area (Å²) in [5.74, 6) is -0.597. The number of hydrogen-bond donors (Lipinski definition) is 1.